The van der Waals surface area contributed by atoms with Crippen LogP contribution in [0, 0.1) is 11.6 Å². The normalized spacial score (nSPS) is 14.8. The molecule has 0 bridgehead atoms. The van der Waals surface area contributed by atoms with Gasteiger partial charge in [-0.2, -0.15) is 18.3 Å². The molecule has 2 N–H and O–H groups in total. The van der Waals surface area contributed by atoms with Crippen molar-refractivity contribution in [1.29, 1.82) is 0 Å². The first-order valence-corrected chi connectivity index (χ1v) is 10.2. The Morgan fingerprint density at radius 1 is 1.06 bits per heavy atom. The molecule has 1 saturated carbocycles. The van der Waals surface area contributed by atoms with E-state index in [9.17, 15) is 26.7 Å². The fourth-order valence-electron chi connectivity index (χ4n) is 3.35. The number of aliphatic imine (C=N–C) groups is 1. The van der Waals surface area contributed by atoms with Crippen LogP contribution in [0.4, 0.5) is 22.0 Å². The number of nitrogens with zero attached hydrogens (tertiary/aromatic N) is 2. The Morgan fingerprint density at radius 3 is 2.30 bits per heavy atom. The van der Waals surface area contributed by atoms with Gasteiger partial charge >= 0.3 is 6.18 Å². The average molecular weight is 462 g/mol. The maximum atomic E-state index is 13.5. The van der Waals surface area contributed by atoms with Crippen molar-refractivity contribution in [3.05, 3.63) is 77.0 Å². The molecule has 172 valence electrons. The van der Waals surface area contributed by atoms with Gasteiger partial charge in [-0.05, 0) is 61.7 Å². The van der Waals surface area contributed by atoms with Crippen LogP contribution in [-0.4, -0.2) is 28.0 Å². The van der Waals surface area contributed by atoms with Gasteiger partial charge in [-0.1, -0.05) is 0 Å². The maximum Gasteiger partial charge on any atom is 0.416 e. The molecule has 3 aromatic rings. The van der Waals surface area contributed by atoms with Gasteiger partial charge in [0.05, 0.1) is 17.3 Å². The monoisotopic (exact) mass is 462 g/mol. The zero-order chi connectivity index (χ0) is 23.6. The molecule has 1 aliphatic rings. The lowest BCUT2D eigenvalue weighted by Crippen LogP contribution is -2.34. The smallest absolute Gasteiger partial charge is 0.310 e. The first-order valence-electron chi connectivity index (χ1n) is 10.2. The molecule has 1 heterocycles. The molecule has 0 aliphatic heterocycles. The van der Waals surface area contributed by atoms with Crippen molar-refractivity contribution < 1.29 is 26.7 Å². The number of aromatic amines is 1. The first kappa shape index (κ1) is 22.6. The van der Waals surface area contributed by atoms with Gasteiger partial charge in [0.1, 0.15) is 17.5 Å². The molecule has 0 spiro atoms. The molecule has 10 heteroatoms. The number of H-pyrrole nitrogens is 1. The van der Waals surface area contributed by atoms with E-state index in [2.05, 4.69) is 20.5 Å². The summed E-state index contributed by atoms with van der Waals surface area (Å²) in [5.41, 5.74) is 0.327. The predicted octanol–water partition coefficient (Wildman–Crippen LogP) is 5.30. The van der Waals surface area contributed by atoms with Crippen LogP contribution in [0.15, 0.2) is 53.5 Å². The van der Waals surface area contributed by atoms with Gasteiger partial charge in [-0.3, -0.25) is 14.9 Å². The van der Waals surface area contributed by atoms with Gasteiger partial charge in [0.2, 0.25) is 0 Å². The van der Waals surface area contributed by atoms with Crippen molar-refractivity contribution in [3.63, 3.8) is 0 Å². The number of halogens is 5. The van der Waals surface area contributed by atoms with E-state index < -0.39 is 29.3 Å². The highest BCUT2D eigenvalue weighted by atomic mass is 19.4. The third-order valence-corrected chi connectivity index (χ3v) is 5.29. The van der Waals surface area contributed by atoms with Crippen LogP contribution in [0.2, 0.25) is 0 Å². The molecule has 0 radical (unpaired) electrons. The summed E-state index contributed by atoms with van der Waals surface area (Å²) < 4.78 is 65.3. The van der Waals surface area contributed by atoms with E-state index in [-0.39, 0.29) is 23.6 Å². The lowest BCUT2D eigenvalue weighted by atomic mass is 9.94. The van der Waals surface area contributed by atoms with Crippen LogP contribution in [-0.2, 0) is 12.6 Å². The van der Waals surface area contributed by atoms with Gasteiger partial charge in [-0.25, -0.2) is 8.78 Å². The van der Waals surface area contributed by atoms with Gasteiger partial charge in [0, 0.05) is 29.3 Å². The lowest BCUT2D eigenvalue weighted by Gasteiger charge is -2.22. The number of alkyl halides is 3. The summed E-state index contributed by atoms with van der Waals surface area (Å²) in [7, 11) is 0. The second kappa shape index (κ2) is 9.13. The molecule has 1 amide bonds. The Labute approximate surface area is 185 Å². The summed E-state index contributed by atoms with van der Waals surface area (Å²) in [6.45, 7) is 0. The Hall–Kier alpha value is -3.56. The van der Waals surface area contributed by atoms with Gasteiger partial charge in [-0.15, -0.1) is 0 Å². The van der Waals surface area contributed by atoms with Gasteiger partial charge in [0.25, 0.3) is 5.91 Å². The van der Waals surface area contributed by atoms with E-state index in [0.29, 0.717) is 17.2 Å². The minimum atomic E-state index is -4.49. The number of nitrogens with one attached hydrogen (secondary N) is 2. The average Bonchev–Trinajstić information content (AvgIpc) is 3.18. The predicted molar refractivity (Wildman–Crippen MR) is 112 cm³/mol. The number of rotatable bonds is 5. The third kappa shape index (κ3) is 5.63. The molecule has 1 aliphatic carbocycles. The number of aromatic nitrogens is 2. The fourth-order valence-corrected chi connectivity index (χ4v) is 3.35. The van der Waals surface area contributed by atoms with Crippen LogP contribution < -0.4 is 5.32 Å². The first-order chi connectivity index (χ1) is 15.7. The second-order valence-corrected chi connectivity index (χ2v) is 7.80. The third-order valence-electron chi connectivity index (χ3n) is 5.29. The van der Waals surface area contributed by atoms with E-state index >= 15 is 0 Å². The van der Waals surface area contributed by atoms with Crippen molar-refractivity contribution in [3.8, 4) is 11.3 Å². The summed E-state index contributed by atoms with van der Waals surface area (Å²) >= 11 is 0. The second-order valence-electron chi connectivity index (χ2n) is 7.80. The molecule has 0 saturated heterocycles. The fraction of sp³-hybridized carbons (Fsp3) is 0.261. The Morgan fingerprint density at radius 2 is 1.73 bits per heavy atom. The molecule has 0 unspecified atom stereocenters. The Kier molecular flexibility index (Phi) is 6.26. The summed E-state index contributed by atoms with van der Waals surface area (Å²) in [6, 6.07) is 8.60. The van der Waals surface area contributed by atoms with Crippen LogP contribution in [0.3, 0.4) is 0 Å². The minimum Gasteiger partial charge on any atom is -0.310 e. The number of amidine groups is 1. The number of hydrogen-bond donors (Lipinski definition) is 2. The van der Waals surface area contributed by atoms with E-state index in [1.54, 1.807) is 6.07 Å². The molecule has 2 aromatic carbocycles. The number of amides is 1. The maximum absolute atomic E-state index is 13.5. The molecule has 4 rings (SSSR count). The topological polar surface area (TPSA) is 70.1 Å². The highest BCUT2D eigenvalue weighted by molar-refractivity contribution is 6.07. The van der Waals surface area contributed by atoms with E-state index in [4.69, 9.17) is 0 Å². The molecule has 1 aromatic heterocycles. The Bertz CT molecular complexity index is 1160. The van der Waals surface area contributed by atoms with Gasteiger partial charge in [0.15, 0.2) is 0 Å². The van der Waals surface area contributed by atoms with Crippen LogP contribution in [0.1, 0.15) is 40.9 Å². The Balaban J connectivity index is 1.51. The highest BCUT2D eigenvalue weighted by Gasteiger charge is 2.30. The van der Waals surface area contributed by atoms with Crippen molar-refractivity contribution >= 4 is 11.7 Å². The summed E-state index contributed by atoms with van der Waals surface area (Å²) in [4.78, 5) is 17.2. The van der Waals surface area contributed by atoms with Gasteiger partial charge < -0.3 is 5.32 Å². The summed E-state index contributed by atoms with van der Waals surface area (Å²) in [5.74, 6) is -1.73. The SMILES string of the molecule is O=C(NC(Cc1cc(-c2cc(F)cc(F)c2)n[nH]1)=NC1CCC1)c1ccc(C(F)(F)F)cc1. The van der Waals surface area contributed by atoms with Crippen molar-refractivity contribution in [2.24, 2.45) is 4.99 Å². The molecule has 5 nitrogen and oxygen atoms in total. The molecule has 1 fully saturated rings. The molecular formula is C23H19F5N4O. The zero-order valence-electron chi connectivity index (χ0n) is 17.2. The standard InChI is InChI=1S/C23H19F5N4O/c24-16-8-14(9-17(25)10-16)20-11-19(31-32-20)12-21(29-18-2-1-3-18)30-22(33)13-4-6-15(7-5-13)23(26,27)28/h4-11,18H,1-3,12H2,(H,31,32)(H,29,30,33). The number of hydrogen-bond acceptors (Lipinski definition) is 3. The highest BCUT2D eigenvalue weighted by Crippen LogP contribution is 2.29. The van der Waals surface area contributed by atoms with Crippen LogP contribution in [0.25, 0.3) is 11.3 Å². The lowest BCUT2D eigenvalue weighted by molar-refractivity contribution is -0.137. The van der Waals surface area contributed by atoms with Crippen LogP contribution in [0.5, 0.6) is 0 Å². The number of carbonyl (C=O) groups excluding carboxylic acids is 1. The quantitative estimate of drug-likeness (QED) is 0.307. The van der Waals surface area contributed by atoms with E-state index in [1.165, 1.54) is 0 Å². The summed E-state index contributed by atoms with van der Waals surface area (Å²) in [6.07, 6.45) is -1.58. The number of carbonyl (C=O) groups is 1. The molecule has 33 heavy (non-hydrogen) atoms. The summed E-state index contributed by atoms with van der Waals surface area (Å²) in [5, 5.41) is 9.51. The van der Waals surface area contributed by atoms with Crippen molar-refractivity contribution in [2.75, 3.05) is 0 Å². The largest absolute Gasteiger partial charge is 0.416 e. The van der Waals surface area contributed by atoms with E-state index in [1.807, 2.05) is 0 Å². The number of benzene rings is 2. The zero-order valence-corrected chi connectivity index (χ0v) is 17.2. The van der Waals surface area contributed by atoms with Crippen LogP contribution >= 0.6 is 0 Å². The van der Waals surface area contributed by atoms with Crippen molar-refractivity contribution in [2.45, 2.75) is 37.9 Å². The molecular weight excluding hydrogens is 443 g/mol. The minimum absolute atomic E-state index is 0.0487. The van der Waals surface area contributed by atoms with E-state index in [0.717, 1.165) is 61.7 Å². The molecule has 0 atom stereocenters. The van der Waals surface area contributed by atoms with Crippen molar-refractivity contribution in [1.82, 2.24) is 15.5 Å².